The van der Waals surface area contributed by atoms with Crippen molar-refractivity contribution in [3.63, 3.8) is 0 Å². The molecule has 5 heteroatoms. The fourth-order valence-electron chi connectivity index (χ4n) is 1.97. The predicted molar refractivity (Wildman–Crippen MR) is 80.6 cm³/mol. The molecule has 3 N–H and O–H groups in total. The molecular formula is C14H21N3OS. The van der Waals surface area contributed by atoms with Crippen LogP contribution in [0.1, 0.15) is 55.8 Å². The van der Waals surface area contributed by atoms with Crippen LogP contribution < -0.4 is 11.1 Å². The van der Waals surface area contributed by atoms with Crippen molar-refractivity contribution in [3.8, 4) is 6.07 Å². The van der Waals surface area contributed by atoms with Crippen LogP contribution in [0.3, 0.4) is 0 Å². The van der Waals surface area contributed by atoms with Crippen molar-refractivity contribution >= 4 is 27.8 Å². The summed E-state index contributed by atoms with van der Waals surface area (Å²) in [4.78, 5) is 11.9. The minimum atomic E-state index is -0.0957. The van der Waals surface area contributed by atoms with E-state index in [0.717, 1.165) is 12.8 Å². The summed E-state index contributed by atoms with van der Waals surface area (Å²) < 4.78 is 0. The van der Waals surface area contributed by atoms with Crippen LogP contribution in [0.15, 0.2) is 0 Å². The van der Waals surface area contributed by atoms with Crippen LogP contribution >= 0.6 is 11.3 Å². The van der Waals surface area contributed by atoms with Crippen molar-refractivity contribution in [2.45, 2.75) is 46.6 Å². The Morgan fingerprint density at radius 1 is 1.53 bits per heavy atom. The van der Waals surface area contributed by atoms with E-state index in [4.69, 9.17) is 11.0 Å². The van der Waals surface area contributed by atoms with Crippen molar-refractivity contribution < 1.29 is 4.79 Å². The van der Waals surface area contributed by atoms with Crippen LogP contribution in [0.2, 0.25) is 0 Å². The molecule has 0 fully saturated rings. The van der Waals surface area contributed by atoms with Gasteiger partial charge in [-0.15, -0.1) is 11.3 Å². The maximum Gasteiger partial charge on any atom is 0.171 e. The van der Waals surface area contributed by atoms with Gasteiger partial charge in [0.15, 0.2) is 5.78 Å². The van der Waals surface area contributed by atoms with E-state index in [-0.39, 0.29) is 11.8 Å². The molecule has 0 aliphatic rings. The topological polar surface area (TPSA) is 78.9 Å². The SMILES string of the molecule is CCC(C)CC(C)Nc1sc(C(C)=O)c(N)c1C#N. The molecule has 4 nitrogen and oxygen atoms in total. The number of Topliss-reactive ketones (excluding diaryl/α,β-unsaturated/α-hetero) is 1. The van der Waals surface area contributed by atoms with E-state index >= 15 is 0 Å². The maximum absolute atomic E-state index is 11.5. The molecule has 0 spiro atoms. The molecule has 0 bridgehead atoms. The molecule has 1 heterocycles. The van der Waals surface area contributed by atoms with Gasteiger partial charge in [0.2, 0.25) is 0 Å². The van der Waals surface area contributed by atoms with Crippen molar-refractivity contribution in [1.82, 2.24) is 0 Å². The summed E-state index contributed by atoms with van der Waals surface area (Å²) in [5.74, 6) is 0.527. The average Bonchev–Trinajstić information content (AvgIpc) is 2.65. The summed E-state index contributed by atoms with van der Waals surface area (Å²) in [7, 11) is 0. The second-order valence-electron chi connectivity index (χ2n) is 5.01. The molecule has 0 saturated carbocycles. The Morgan fingerprint density at radius 2 is 2.16 bits per heavy atom. The number of nitriles is 1. The number of hydrogen-bond donors (Lipinski definition) is 2. The molecule has 0 saturated heterocycles. The van der Waals surface area contributed by atoms with Crippen molar-refractivity contribution in [3.05, 3.63) is 10.4 Å². The maximum atomic E-state index is 11.5. The highest BCUT2D eigenvalue weighted by molar-refractivity contribution is 7.19. The summed E-state index contributed by atoms with van der Waals surface area (Å²) in [6.07, 6.45) is 2.15. The standard InChI is InChI=1S/C14H21N3OS/c1-5-8(2)6-9(3)17-14-11(7-15)12(16)13(19-14)10(4)18/h8-9,17H,5-6,16H2,1-4H3. The lowest BCUT2D eigenvalue weighted by atomic mass is 10.0. The number of thiophene rings is 1. The zero-order valence-corrected chi connectivity index (χ0v) is 12.7. The van der Waals surface area contributed by atoms with Gasteiger partial charge in [-0.2, -0.15) is 5.26 Å². The fraction of sp³-hybridized carbons (Fsp3) is 0.571. The van der Waals surface area contributed by atoms with E-state index < -0.39 is 0 Å². The molecular weight excluding hydrogens is 258 g/mol. The van der Waals surface area contributed by atoms with Crippen LogP contribution in [0, 0.1) is 17.2 Å². The minimum Gasteiger partial charge on any atom is -0.396 e. The van der Waals surface area contributed by atoms with Crippen molar-refractivity contribution in [2.24, 2.45) is 5.92 Å². The van der Waals surface area contributed by atoms with Gasteiger partial charge in [-0.1, -0.05) is 20.3 Å². The summed E-state index contributed by atoms with van der Waals surface area (Å²) in [5, 5.41) is 13.2. The Labute approximate surface area is 118 Å². The summed E-state index contributed by atoms with van der Waals surface area (Å²) in [5.41, 5.74) is 6.54. The Balaban J connectivity index is 2.93. The van der Waals surface area contributed by atoms with Gasteiger partial charge in [-0.05, 0) is 19.3 Å². The highest BCUT2D eigenvalue weighted by Gasteiger charge is 2.20. The molecule has 104 valence electrons. The van der Waals surface area contributed by atoms with Crippen LogP contribution in [0.25, 0.3) is 0 Å². The lowest BCUT2D eigenvalue weighted by Crippen LogP contribution is -2.18. The first-order valence-electron chi connectivity index (χ1n) is 6.50. The van der Waals surface area contributed by atoms with Gasteiger partial charge in [0.05, 0.1) is 10.6 Å². The van der Waals surface area contributed by atoms with Crippen molar-refractivity contribution in [2.75, 3.05) is 11.1 Å². The van der Waals surface area contributed by atoms with E-state index in [1.54, 1.807) is 0 Å². The third-order valence-electron chi connectivity index (χ3n) is 3.21. The van der Waals surface area contributed by atoms with Gasteiger partial charge < -0.3 is 11.1 Å². The third kappa shape index (κ3) is 3.71. The van der Waals surface area contributed by atoms with Gasteiger partial charge >= 0.3 is 0 Å². The van der Waals surface area contributed by atoms with E-state index in [0.29, 0.717) is 27.0 Å². The number of nitrogens with two attached hydrogens (primary N) is 1. The predicted octanol–water partition coefficient (Wildman–Crippen LogP) is 3.64. The largest absolute Gasteiger partial charge is 0.396 e. The second-order valence-corrected chi connectivity index (χ2v) is 6.03. The quantitative estimate of drug-likeness (QED) is 0.779. The number of nitrogens with one attached hydrogen (secondary N) is 1. The zero-order valence-electron chi connectivity index (χ0n) is 11.9. The molecule has 0 amide bonds. The number of rotatable bonds is 6. The molecule has 1 aromatic rings. The van der Waals surface area contributed by atoms with E-state index in [1.165, 1.54) is 18.3 Å². The number of carbonyl (C=O) groups is 1. The Morgan fingerprint density at radius 3 is 2.63 bits per heavy atom. The summed E-state index contributed by atoms with van der Waals surface area (Å²) in [6, 6.07) is 2.33. The number of carbonyl (C=O) groups excluding carboxylic acids is 1. The first-order valence-corrected chi connectivity index (χ1v) is 7.32. The average molecular weight is 279 g/mol. The third-order valence-corrected chi connectivity index (χ3v) is 4.44. The van der Waals surface area contributed by atoms with E-state index in [9.17, 15) is 4.79 Å². The molecule has 19 heavy (non-hydrogen) atoms. The van der Waals surface area contributed by atoms with E-state index in [1.807, 2.05) is 0 Å². The molecule has 0 aromatic carbocycles. The highest BCUT2D eigenvalue weighted by Crippen LogP contribution is 2.36. The molecule has 1 aromatic heterocycles. The number of anilines is 2. The first kappa shape index (κ1) is 15.5. The summed E-state index contributed by atoms with van der Waals surface area (Å²) >= 11 is 1.27. The van der Waals surface area contributed by atoms with Crippen LogP contribution in [0.5, 0.6) is 0 Å². The van der Waals surface area contributed by atoms with Crippen LogP contribution in [-0.2, 0) is 0 Å². The van der Waals surface area contributed by atoms with Crippen molar-refractivity contribution in [1.29, 1.82) is 5.26 Å². The first-order chi connectivity index (χ1) is 8.90. The van der Waals surface area contributed by atoms with E-state index in [2.05, 4.69) is 32.2 Å². The Hall–Kier alpha value is -1.54. The second kappa shape index (κ2) is 6.58. The molecule has 0 radical (unpaired) electrons. The molecule has 0 aliphatic carbocycles. The molecule has 1 rings (SSSR count). The van der Waals surface area contributed by atoms with Gasteiger partial charge in [0, 0.05) is 13.0 Å². The Kier molecular flexibility index (Phi) is 5.37. The number of nitrogens with zero attached hydrogens (tertiary/aromatic N) is 1. The smallest absolute Gasteiger partial charge is 0.171 e. The van der Waals surface area contributed by atoms with Gasteiger partial charge in [-0.25, -0.2) is 0 Å². The lowest BCUT2D eigenvalue weighted by molar-refractivity contribution is 0.102. The highest BCUT2D eigenvalue weighted by atomic mass is 32.1. The summed E-state index contributed by atoms with van der Waals surface area (Å²) in [6.45, 7) is 7.91. The normalized spacial score (nSPS) is 13.6. The molecule has 0 aliphatic heterocycles. The van der Waals surface area contributed by atoms with Gasteiger partial charge in [-0.3, -0.25) is 4.79 Å². The zero-order chi connectivity index (χ0) is 14.6. The monoisotopic (exact) mass is 279 g/mol. The number of nitrogen functional groups attached to an aromatic ring is 1. The van der Waals surface area contributed by atoms with Crippen LogP contribution in [-0.4, -0.2) is 11.8 Å². The molecule has 2 unspecified atom stereocenters. The van der Waals surface area contributed by atoms with Gasteiger partial charge in [0.25, 0.3) is 0 Å². The number of ketones is 1. The Bertz CT molecular complexity index is 502. The lowest BCUT2D eigenvalue weighted by Gasteiger charge is -2.17. The molecule has 2 atom stereocenters. The fourth-order valence-corrected chi connectivity index (χ4v) is 3.05. The minimum absolute atomic E-state index is 0.0957. The van der Waals surface area contributed by atoms with Crippen LogP contribution in [0.4, 0.5) is 10.7 Å². The number of hydrogen-bond acceptors (Lipinski definition) is 5. The van der Waals surface area contributed by atoms with Gasteiger partial charge in [0.1, 0.15) is 16.6 Å².